The number of amides is 2. The summed E-state index contributed by atoms with van der Waals surface area (Å²) in [6, 6.07) is 6.46. The highest BCUT2D eigenvalue weighted by Crippen LogP contribution is 2.42. The van der Waals surface area contributed by atoms with Crippen LogP contribution in [0.5, 0.6) is 5.75 Å². The number of likely N-dealkylation sites (tertiary alicyclic amines) is 1. The highest BCUT2D eigenvalue weighted by atomic mass is 35.5. The van der Waals surface area contributed by atoms with Crippen molar-refractivity contribution in [3.8, 4) is 5.75 Å². The van der Waals surface area contributed by atoms with Crippen molar-refractivity contribution in [2.24, 2.45) is 5.92 Å². The molecule has 172 valence electrons. The second-order valence-corrected chi connectivity index (χ2v) is 9.48. The first-order valence-electron chi connectivity index (χ1n) is 10.2. The Labute approximate surface area is 198 Å². The number of benzene rings is 1. The van der Waals surface area contributed by atoms with Crippen LogP contribution in [-0.2, 0) is 9.53 Å². The molecule has 2 aromatic rings. The lowest BCUT2D eigenvalue weighted by Gasteiger charge is -2.42. The number of rotatable bonds is 5. The minimum Gasteiger partial charge on any atom is -0.496 e. The molecular weight excluding hydrogens is 453 g/mol. The lowest BCUT2D eigenvalue weighted by Crippen LogP contribution is -2.57. The second kappa shape index (κ2) is 9.55. The first-order valence-corrected chi connectivity index (χ1v) is 11.0. The van der Waals surface area contributed by atoms with Crippen LogP contribution >= 0.6 is 23.2 Å². The number of carbonyl (C=O) groups excluding carboxylic acids is 2. The Kier molecular flexibility index (Phi) is 7.20. The SMILES string of the molecule is COc1ccc(Cl)c(Cl)c1C(c1ccncc1)N(C)C(=O)C1CN(C(=O)OC(C)(C)C)C1. The summed E-state index contributed by atoms with van der Waals surface area (Å²) in [6.45, 7) is 6.01. The number of hydrogen-bond donors (Lipinski definition) is 0. The summed E-state index contributed by atoms with van der Waals surface area (Å²) >= 11 is 12.9. The smallest absolute Gasteiger partial charge is 0.410 e. The van der Waals surface area contributed by atoms with Crippen LogP contribution in [0, 0.1) is 5.92 Å². The van der Waals surface area contributed by atoms with E-state index in [1.807, 2.05) is 32.9 Å². The maximum atomic E-state index is 13.4. The van der Waals surface area contributed by atoms with Crippen LogP contribution in [0.15, 0.2) is 36.7 Å². The van der Waals surface area contributed by atoms with Gasteiger partial charge in [-0.2, -0.15) is 0 Å². The van der Waals surface area contributed by atoms with Gasteiger partial charge < -0.3 is 19.3 Å². The number of carbonyl (C=O) groups is 2. The predicted octanol–water partition coefficient (Wildman–Crippen LogP) is 4.81. The minimum atomic E-state index is -0.588. The number of halogens is 2. The van der Waals surface area contributed by atoms with E-state index in [-0.39, 0.29) is 11.8 Å². The van der Waals surface area contributed by atoms with E-state index >= 15 is 0 Å². The molecule has 7 nitrogen and oxygen atoms in total. The highest BCUT2D eigenvalue weighted by Gasteiger charge is 2.41. The first-order chi connectivity index (χ1) is 15.0. The Morgan fingerprint density at radius 3 is 2.34 bits per heavy atom. The van der Waals surface area contributed by atoms with Gasteiger partial charge in [0.1, 0.15) is 11.4 Å². The van der Waals surface area contributed by atoms with Crippen LogP contribution in [0.25, 0.3) is 0 Å². The van der Waals surface area contributed by atoms with Crippen LogP contribution in [-0.4, -0.2) is 59.6 Å². The van der Waals surface area contributed by atoms with Gasteiger partial charge in [-0.15, -0.1) is 0 Å². The minimum absolute atomic E-state index is 0.121. The Hall–Kier alpha value is -2.51. The molecule has 0 spiro atoms. The fourth-order valence-corrected chi connectivity index (χ4v) is 4.06. The van der Waals surface area contributed by atoms with Crippen molar-refractivity contribution >= 4 is 35.2 Å². The summed E-state index contributed by atoms with van der Waals surface area (Å²) in [5, 5.41) is 0.679. The molecule has 2 heterocycles. The van der Waals surface area contributed by atoms with Crippen LogP contribution < -0.4 is 4.74 Å². The summed E-state index contributed by atoms with van der Waals surface area (Å²) < 4.78 is 10.9. The van der Waals surface area contributed by atoms with E-state index in [2.05, 4.69) is 4.98 Å². The quantitative estimate of drug-likeness (QED) is 0.614. The van der Waals surface area contributed by atoms with E-state index in [1.165, 1.54) is 4.90 Å². The Morgan fingerprint density at radius 2 is 1.78 bits per heavy atom. The van der Waals surface area contributed by atoms with Gasteiger partial charge in [0.2, 0.25) is 5.91 Å². The lowest BCUT2D eigenvalue weighted by atomic mass is 9.93. The molecule has 1 aliphatic rings. The molecule has 0 aliphatic carbocycles. The molecule has 0 radical (unpaired) electrons. The van der Waals surface area contributed by atoms with Crippen molar-refractivity contribution in [1.82, 2.24) is 14.8 Å². The maximum absolute atomic E-state index is 13.4. The highest BCUT2D eigenvalue weighted by molar-refractivity contribution is 6.42. The summed E-state index contributed by atoms with van der Waals surface area (Å²) in [6.07, 6.45) is 2.88. The zero-order valence-electron chi connectivity index (χ0n) is 18.8. The number of hydrogen-bond acceptors (Lipinski definition) is 5. The molecule has 1 fully saturated rings. The van der Waals surface area contributed by atoms with Crippen molar-refractivity contribution in [3.63, 3.8) is 0 Å². The molecule has 2 amide bonds. The third kappa shape index (κ3) is 5.10. The Bertz CT molecular complexity index is 989. The van der Waals surface area contributed by atoms with Crippen molar-refractivity contribution in [3.05, 3.63) is 57.8 Å². The van der Waals surface area contributed by atoms with Crippen molar-refractivity contribution in [2.45, 2.75) is 32.4 Å². The van der Waals surface area contributed by atoms with Crippen molar-refractivity contribution in [1.29, 1.82) is 0 Å². The largest absolute Gasteiger partial charge is 0.496 e. The van der Waals surface area contributed by atoms with Crippen LogP contribution in [0.4, 0.5) is 4.79 Å². The second-order valence-electron chi connectivity index (χ2n) is 8.69. The number of aromatic nitrogens is 1. The van der Waals surface area contributed by atoms with Gasteiger partial charge in [0.15, 0.2) is 0 Å². The molecule has 1 atom stereocenters. The van der Waals surface area contributed by atoms with Gasteiger partial charge in [0.25, 0.3) is 0 Å². The molecule has 0 N–H and O–H groups in total. The molecule has 1 saturated heterocycles. The van der Waals surface area contributed by atoms with Crippen LogP contribution in [0.3, 0.4) is 0 Å². The summed E-state index contributed by atoms with van der Waals surface area (Å²) in [5.74, 6) is 0.0513. The van der Waals surface area contributed by atoms with E-state index < -0.39 is 17.7 Å². The standard InChI is InChI=1S/C23H27Cl2N3O4/c1-23(2,3)32-22(30)28-12-15(13-28)21(29)27(4)20(14-8-10-26-11-9-14)18-17(31-5)7-6-16(24)19(18)25/h6-11,15,20H,12-13H2,1-5H3. The van der Waals surface area contributed by atoms with E-state index in [0.717, 1.165) is 5.56 Å². The number of ether oxygens (including phenoxy) is 2. The van der Waals surface area contributed by atoms with Gasteiger partial charge in [-0.05, 0) is 50.6 Å². The number of methoxy groups -OCH3 is 1. The third-order valence-corrected chi connectivity index (χ3v) is 6.04. The monoisotopic (exact) mass is 479 g/mol. The van der Waals surface area contributed by atoms with Crippen molar-refractivity contribution in [2.75, 3.05) is 27.2 Å². The fraction of sp³-hybridized carbons (Fsp3) is 0.435. The molecule has 1 aromatic carbocycles. The molecule has 0 saturated carbocycles. The zero-order valence-corrected chi connectivity index (χ0v) is 20.3. The normalized spacial score (nSPS) is 15.0. The van der Waals surface area contributed by atoms with Gasteiger partial charge in [0.05, 0.1) is 29.1 Å². The van der Waals surface area contributed by atoms with Crippen LogP contribution in [0.2, 0.25) is 10.0 Å². The van der Waals surface area contributed by atoms with Gasteiger partial charge in [-0.3, -0.25) is 9.78 Å². The lowest BCUT2D eigenvalue weighted by molar-refractivity contribution is -0.140. The van der Waals surface area contributed by atoms with E-state index in [9.17, 15) is 9.59 Å². The molecule has 32 heavy (non-hydrogen) atoms. The average molecular weight is 480 g/mol. The van der Waals surface area contributed by atoms with Gasteiger partial charge in [0, 0.05) is 38.1 Å². The number of pyridine rings is 1. The number of nitrogens with zero attached hydrogens (tertiary/aromatic N) is 3. The van der Waals surface area contributed by atoms with Crippen LogP contribution in [0.1, 0.15) is 37.9 Å². The molecule has 3 rings (SSSR count). The zero-order chi connectivity index (χ0) is 23.6. The summed E-state index contributed by atoms with van der Waals surface area (Å²) in [5.41, 5.74) is 0.809. The topological polar surface area (TPSA) is 72.0 Å². The molecule has 1 aromatic heterocycles. The van der Waals surface area contributed by atoms with Crippen molar-refractivity contribution < 1.29 is 19.1 Å². The Morgan fingerprint density at radius 1 is 1.16 bits per heavy atom. The molecule has 9 heteroatoms. The van der Waals surface area contributed by atoms with Gasteiger partial charge in [-0.1, -0.05) is 23.2 Å². The fourth-order valence-electron chi connectivity index (χ4n) is 3.64. The van der Waals surface area contributed by atoms with Gasteiger partial charge >= 0.3 is 6.09 Å². The molecule has 1 aliphatic heterocycles. The molecular formula is C23H27Cl2N3O4. The van der Waals surface area contributed by atoms with Gasteiger partial charge in [-0.25, -0.2) is 4.79 Å². The molecule has 1 unspecified atom stereocenters. The molecule has 0 bridgehead atoms. The Balaban J connectivity index is 1.87. The maximum Gasteiger partial charge on any atom is 0.410 e. The third-order valence-electron chi connectivity index (χ3n) is 5.23. The predicted molar refractivity (Wildman–Crippen MR) is 123 cm³/mol. The summed E-state index contributed by atoms with van der Waals surface area (Å²) in [4.78, 5) is 32.8. The van der Waals surface area contributed by atoms with E-state index in [4.69, 9.17) is 32.7 Å². The summed E-state index contributed by atoms with van der Waals surface area (Å²) in [7, 11) is 3.25. The average Bonchev–Trinajstić information content (AvgIpc) is 2.69. The van der Waals surface area contributed by atoms with E-state index in [1.54, 1.807) is 43.6 Å². The van der Waals surface area contributed by atoms with E-state index in [0.29, 0.717) is 34.4 Å². The first kappa shape index (κ1) is 24.1.